The van der Waals surface area contributed by atoms with Crippen LogP contribution < -0.4 is 18.9 Å². The molecule has 6 nitrogen and oxygen atoms in total. The number of aromatic nitrogens is 2. The van der Waals surface area contributed by atoms with Crippen LogP contribution in [0.3, 0.4) is 0 Å². The second-order valence-electron chi connectivity index (χ2n) is 9.20. The van der Waals surface area contributed by atoms with Gasteiger partial charge in [-0.05, 0) is 38.0 Å². The third-order valence-corrected chi connectivity index (χ3v) is 6.76. The largest absolute Gasteiger partial charge is 0.492 e. The Hall–Kier alpha value is -4.32. The van der Waals surface area contributed by atoms with Crippen LogP contribution in [0.15, 0.2) is 66.5 Å². The number of ether oxygens (including phenoxy) is 4. The van der Waals surface area contributed by atoms with E-state index in [2.05, 4.69) is 54.2 Å². The highest BCUT2D eigenvalue weighted by molar-refractivity contribution is 6.06. The van der Waals surface area contributed by atoms with Gasteiger partial charge in [-0.3, -0.25) is 0 Å². The lowest BCUT2D eigenvalue weighted by Gasteiger charge is -2.23. The van der Waals surface area contributed by atoms with Crippen LogP contribution in [0.4, 0.5) is 0 Å². The van der Waals surface area contributed by atoms with Crippen LogP contribution >= 0.6 is 0 Å². The Morgan fingerprint density at radius 1 is 0.676 bits per heavy atom. The first kappa shape index (κ1) is 24.4. The van der Waals surface area contributed by atoms with E-state index in [1.807, 2.05) is 30.6 Å². The zero-order chi connectivity index (χ0) is 26.1. The normalized spacial score (nSPS) is 11.1. The van der Waals surface area contributed by atoms with Crippen LogP contribution in [0.2, 0.25) is 0 Å². The highest BCUT2D eigenvalue weighted by atomic mass is 16.5. The molecule has 0 spiro atoms. The van der Waals surface area contributed by atoms with E-state index in [0.29, 0.717) is 23.0 Å². The molecule has 5 rings (SSSR count). The Morgan fingerprint density at radius 3 is 1.73 bits per heavy atom. The number of hydrogen-bond donors (Lipinski definition) is 2. The molecule has 6 heteroatoms. The van der Waals surface area contributed by atoms with Gasteiger partial charge in [0.2, 0.25) is 0 Å². The summed E-state index contributed by atoms with van der Waals surface area (Å²) >= 11 is 0. The standard InChI is InChI=1S/C31H32N2O4/c1-18(2)11-12-19-13-14-21-23(17-33-25(21)15-19)27-30(36-5)28(34-3)26(29(35-4)31(27)37-6)22-16-32-24-10-8-7-9-20(22)24/h7-11,13-17,32-33H,12H2,1-6H3. The number of benzene rings is 3. The monoisotopic (exact) mass is 496 g/mol. The molecule has 2 aromatic heterocycles. The zero-order valence-corrected chi connectivity index (χ0v) is 22.1. The van der Waals surface area contributed by atoms with Crippen LogP contribution in [0.5, 0.6) is 23.0 Å². The summed E-state index contributed by atoms with van der Waals surface area (Å²) in [6, 6.07) is 14.6. The van der Waals surface area contributed by atoms with Crippen LogP contribution in [0.25, 0.3) is 44.1 Å². The summed E-state index contributed by atoms with van der Waals surface area (Å²) < 4.78 is 24.1. The topological polar surface area (TPSA) is 68.5 Å². The molecule has 0 radical (unpaired) electrons. The first-order valence-corrected chi connectivity index (χ1v) is 12.2. The van der Waals surface area contributed by atoms with Crippen molar-refractivity contribution in [2.24, 2.45) is 0 Å². The lowest BCUT2D eigenvalue weighted by atomic mass is 9.94. The van der Waals surface area contributed by atoms with Gasteiger partial charge in [0.05, 0.1) is 39.6 Å². The van der Waals surface area contributed by atoms with Gasteiger partial charge in [-0.2, -0.15) is 0 Å². The number of aromatic amines is 2. The number of nitrogens with one attached hydrogen (secondary N) is 2. The van der Waals surface area contributed by atoms with Crippen molar-refractivity contribution in [2.75, 3.05) is 28.4 Å². The molecule has 0 aliphatic heterocycles. The second-order valence-corrected chi connectivity index (χ2v) is 9.20. The predicted octanol–water partition coefficient (Wildman–Crippen LogP) is 7.53. The number of rotatable bonds is 8. The third-order valence-electron chi connectivity index (χ3n) is 6.76. The minimum absolute atomic E-state index is 0.578. The molecule has 0 bridgehead atoms. The van der Waals surface area contributed by atoms with Gasteiger partial charge in [-0.15, -0.1) is 0 Å². The average molecular weight is 497 g/mol. The summed E-state index contributed by atoms with van der Waals surface area (Å²) in [4.78, 5) is 6.79. The molecular formula is C31H32N2O4. The minimum Gasteiger partial charge on any atom is -0.492 e. The van der Waals surface area contributed by atoms with Gasteiger partial charge >= 0.3 is 0 Å². The van der Waals surface area contributed by atoms with E-state index in [9.17, 15) is 0 Å². The fourth-order valence-corrected chi connectivity index (χ4v) is 5.04. The fourth-order valence-electron chi connectivity index (χ4n) is 5.04. The van der Waals surface area contributed by atoms with Crippen LogP contribution in [0, 0.1) is 0 Å². The van der Waals surface area contributed by atoms with E-state index in [1.54, 1.807) is 28.4 Å². The quantitative estimate of drug-likeness (QED) is 0.218. The summed E-state index contributed by atoms with van der Waals surface area (Å²) in [5.41, 5.74) is 8.02. The molecule has 5 aromatic rings. The van der Waals surface area contributed by atoms with E-state index in [1.165, 1.54) is 11.1 Å². The maximum absolute atomic E-state index is 6.03. The van der Waals surface area contributed by atoms with Crippen LogP contribution in [-0.4, -0.2) is 38.4 Å². The maximum atomic E-state index is 6.03. The number of methoxy groups -OCH3 is 4. The van der Waals surface area contributed by atoms with Crippen molar-refractivity contribution >= 4 is 21.8 Å². The highest BCUT2D eigenvalue weighted by Gasteiger charge is 2.31. The van der Waals surface area contributed by atoms with Gasteiger partial charge in [0.1, 0.15) is 0 Å². The molecular weight excluding hydrogens is 464 g/mol. The van der Waals surface area contributed by atoms with E-state index in [4.69, 9.17) is 18.9 Å². The SMILES string of the molecule is COc1c(OC)c(-c2c[nH]c3cc(CC=C(C)C)ccc23)c(OC)c(OC)c1-c1c[nH]c2ccccc12. The molecule has 0 aliphatic carbocycles. The number of H-pyrrole nitrogens is 2. The number of hydrogen-bond acceptors (Lipinski definition) is 4. The minimum atomic E-state index is 0.578. The Balaban J connectivity index is 1.79. The average Bonchev–Trinajstić information content (AvgIpc) is 3.54. The molecule has 0 fully saturated rings. The van der Waals surface area contributed by atoms with E-state index < -0.39 is 0 Å². The number of allylic oxidation sites excluding steroid dienone is 2. The fraction of sp³-hybridized carbons (Fsp3) is 0.226. The van der Waals surface area contributed by atoms with Gasteiger partial charge in [-0.1, -0.05) is 42.0 Å². The Labute approximate surface area is 216 Å². The lowest BCUT2D eigenvalue weighted by molar-refractivity contribution is 0.333. The summed E-state index contributed by atoms with van der Waals surface area (Å²) in [6.45, 7) is 4.23. The summed E-state index contributed by atoms with van der Waals surface area (Å²) in [6.07, 6.45) is 7.07. The molecule has 2 N–H and O–H groups in total. The van der Waals surface area contributed by atoms with Crippen molar-refractivity contribution in [3.63, 3.8) is 0 Å². The number of fused-ring (bicyclic) bond motifs is 2. The van der Waals surface area contributed by atoms with Crippen molar-refractivity contribution in [3.8, 4) is 45.3 Å². The van der Waals surface area contributed by atoms with Crippen molar-refractivity contribution in [3.05, 3.63) is 72.1 Å². The maximum Gasteiger partial charge on any atom is 0.173 e. The van der Waals surface area contributed by atoms with Gasteiger partial charge < -0.3 is 28.9 Å². The van der Waals surface area contributed by atoms with Crippen molar-refractivity contribution in [1.82, 2.24) is 9.97 Å². The molecule has 0 unspecified atom stereocenters. The van der Waals surface area contributed by atoms with Gasteiger partial charge in [0.15, 0.2) is 23.0 Å². The van der Waals surface area contributed by atoms with Gasteiger partial charge in [-0.25, -0.2) is 0 Å². The second kappa shape index (κ2) is 9.97. The van der Waals surface area contributed by atoms with Gasteiger partial charge in [0, 0.05) is 45.3 Å². The van der Waals surface area contributed by atoms with E-state index in [-0.39, 0.29) is 0 Å². The smallest absolute Gasteiger partial charge is 0.173 e. The summed E-state index contributed by atoms with van der Waals surface area (Å²) in [5.74, 6) is 2.31. The lowest BCUT2D eigenvalue weighted by Crippen LogP contribution is -2.02. The molecule has 0 amide bonds. The first-order valence-electron chi connectivity index (χ1n) is 12.2. The molecule has 0 aliphatic rings. The Bertz CT molecular complexity index is 1590. The Morgan fingerprint density at radius 2 is 1.19 bits per heavy atom. The summed E-state index contributed by atoms with van der Waals surface area (Å²) in [5, 5.41) is 2.11. The molecule has 0 atom stereocenters. The molecule has 37 heavy (non-hydrogen) atoms. The van der Waals surface area contributed by atoms with E-state index >= 15 is 0 Å². The highest BCUT2D eigenvalue weighted by Crippen LogP contribution is 2.58. The third kappa shape index (κ3) is 4.08. The Kier molecular flexibility index (Phi) is 6.57. The predicted molar refractivity (Wildman–Crippen MR) is 150 cm³/mol. The summed E-state index contributed by atoms with van der Waals surface area (Å²) in [7, 11) is 6.60. The van der Waals surface area contributed by atoms with E-state index in [0.717, 1.165) is 50.5 Å². The number of para-hydroxylation sites is 1. The van der Waals surface area contributed by atoms with Crippen molar-refractivity contribution in [2.45, 2.75) is 20.3 Å². The molecule has 0 saturated heterocycles. The molecule has 190 valence electrons. The van der Waals surface area contributed by atoms with Crippen LogP contribution in [0.1, 0.15) is 19.4 Å². The first-order chi connectivity index (χ1) is 18.0. The zero-order valence-electron chi connectivity index (χ0n) is 22.1. The van der Waals surface area contributed by atoms with Crippen molar-refractivity contribution in [1.29, 1.82) is 0 Å². The molecule has 0 saturated carbocycles. The van der Waals surface area contributed by atoms with Crippen LogP contribution in [-0.2, 0) is 6.42 Å². The molecule has 2 heterocycles. The molecule has 3 aromatic carbocycles. The van der Waals surface area contributed by atoms with Gasteiger partial charge in [0.25, 0.3) is 0 Å². The van der Waals surface area contributed by atoms with Crippen molar-refractivity contribution < 1.29 is 18.9 Å².